The van der Waals surface area contributed by atoms with Gasteiger partial charge in [-0.1, -0.05) is 11.6 Å². The number of carbonyl (C=O) groups is 1. The Kier molecular flexibility index (Phi) is 5.06. The van der Waals surface area contributed by atoms with E-state index in [2.05, 4.69) is 16.8 Å². The molecule has 1 aliphatic heterocycles. The largest absolute Gasteiger partial charge is 0.395 e. The summed E-state index contributed by atoms with van der Waals surface area (Å²) in [4.78, 5) is 21.0. The highest BCUT2D eigenvalue weighted by molar-refractivity contribution is 7.19. The van der Waals surface area contributed by atoms with Crippen molar-refractivity contribution in [2.45, 2.75) is 13.0 Å². The normalized spacial score (nSPS) is 19.3. The lowest BCUT2D eigenvalue weighted by molar-refractivity contribution is 0.0471. The van der Waals surface area contributed by atoms with Crippen LogP contribution >= 0.6 is 22.9 Å². The number of aromatic nitrogens is 1. The summed E-state index contributed by atoms with van der Waals surface area (Å²) in [5.74, 6) is 0.0428. The van der Waals surface area contributed by atoms with Gasteiger partial charge in [-0.15, -0.1) is 11.3 Å². The minimum Gasteiger partial charge on any atom is -0.395 e. The monoisotopic (exact) mass is 353 g/mol. The van der Waals surface area contributed by atoms with Crippen LogP contribution in [-0.2, 0) is 0 Å². The van der Waals surface area contributed by atoms with Gasteiger partial charge in [-0.2, -0.15) is 0 Å². The number of β-amino-alcohol motifs (C(OH)–C–C–N with tert-alkyl or cyclic N) is 1. The molecule has 7 heteroatoms. The quantitative estimate of drug-likeness (QED) is 0.888. The van der Waals surface area contributed by atoms with E-state index in [0.29, 0.717) is 29.5 Å². The van der Waals surface area contributed by atoms with Crippen LogP contribution in [0.1, 0.15) is 17.3 Å². The summed E-state index contributed by atoms with van der Waals surface area (Å²) in [6.07, 6.45) is 3.61. The van der Waals surface area contributed by atoms with Crippen LogP contribution in [0, 0.1) is 0 Å². The van der Waals surface area contributed by atoms with Gasteiger partial charge in [0.1, 0.15) is 0 Å². The molecule has 3 heterocycles. The van der Waals surface area contributed by atoms with Crippen molar-refractivity contribution < 1.29 is 9.90 Å². The number of nitrogens with zero attached hydrogens (tertiary/aromatic N) is 2. The molecule has 0 spiro atoms. The number of aliphatic hydroxyl groups is 1. The number of hydrogen-bond donors (Lipinski definition) is 2. The van der Waals surface area contributed by atoms with E-state index in [4.69, 9.17) is 16.7 Å². The van der Waals surface area contributed by atoms with Crippen LogP contribution in [0.5, 0.6) is 0 Å². The third-order valence-electron chi connectivity index (χ3n) is 4.25. The summed E-state index contributed by atoms with van der Waals surface area (Å²) in [6.45, 7) is 5.05. The number of aliphatic hydroxyl groups excluding tert-OH is 1. The first-order valence-electron chi connectivity index (χ1n) is 7.67. The molecule has 0 aromatic carbocycles. The molecule has 1 saturated heterocycles. The van der Waals surface area contributed by atoms with Gasteiger partial charge in [0, 0.05) is 55.1 Å². The summed E-state index contributed by atoms with van der Waals surface area (Å²) in [5.41, 5.74) is 1.59. The van der Waals surface area contributed by atoms with Crippen LogP contribution in [0.3, 0.4) is 0 Å². The van der Waals surface area contributed by atoms with Crippen molar-refractivity contribution in [3.8, 4) is 10.4 Å². The zero-order chi connectivity index (χ0) is 16.4. The van der Waals surface area contributed by atoms with Gasteiger partial charge in [0.15, 0.2) is 0 Å². The molecule has 1 amide bonds. The predicted octanol–water partition coefficient (Wildman–Crippen LogP) is 2.54. The van der Waals surface area contributed by atoms with Gasteiger partial charge in [-0.05, 0) is 19.1 Å². The Morgan fingerprint density at radius 2 is 2.26 bits per heavy atom. The minimum absolute atomic E-state index is 0.0428. The molecule has 0 saturated carbocycles. The molecular formula is C16H20ClN3O2S. The number of hydrogen-bond acceptors (Lipinski definition) is 4. The smallest absolute Gasteiger partial charge is 0.256 e. The number of H-pyrrole nitrogens is 1. The molecule has 0 radical (unpaired) electrons. The average Bonchev–Trinajstić information content (AvgIpc) is 3.17. The number of amides is 1. The number of aromatic amines is 1. The van der Waals surface area contributed by atoms with Crippen molar-refractivity contribution in [3.63, 3.8) is 0 Å². The molecule has 0 bridgehead atoms. The molecule has 1 unspecified atom stereocenters. The van der Waals surface area contributed by atoms with E-state index in [1.807, 2.05) is 23.2 Å². The molecule has 1 atom stereocenters. The van der Waals surface area contributed by atoms with E-state index < -0.39 is 0 Å². The number of nitrogens with one attached hydrogen (secondary N) is 1. The second-order valence-corrected chi connectivity index (χ2v) is 7.46. The lowest BCUT2D eigenvalue weighted by atomic mass is 10.1. The van der Waals surface area contributed by atoms with Crippen LogP contribution in [0.4, 0.5) is 0 Å². The van der Waals surface area contributed by atoms with E-state index in [0.717, 1.165) is 17.0 Å². The Morgan fingerprint density at radius 3 is 2.91 bits per heavy atom. The summed E-state index contributed by atoms with van der Waals surface area (Å²) in [7, 11) is 0. The first kappa shape index (κ1) is 16.5. The van der Waals surface area contributed by atoms with Gasteiger partial charge in [-0.3, -0.25) is 9.69 Å². The fraction of sp³-hybridized carbons (Fsp3) is 0.438. The summed E-state index contributed by atoms with van der Waals surface area (Å²) >= 11 is 7.48. The molecule has 2 aromatic heterocycles. The molecule has 124 valence electrons. The van der Waals surface area contributed by atoms with Crippen molar-refractivity contribution in [2.75, 3.05) is 32.8 Å². The third kappa shape index (κ3) is 3.45. The van der Waals surface area contributed by atoms with Gasteiger partial charge >= 0.3 is 0 Å². The van der Waals surface area contributed by atoms with Crippen LogP contribution in [-0.4, -0.2) is 64.6 Å². The topological polar surface area (TPSA) is 59.6 Å². The molecule has 2 aromatic rings. The molecular weight excluding hydrogens is 334 g/mol. The first-order chi connectivity index (χ1) is 11.1. The van der Waals surface area contributed by atoms with Crippen molar-refractivity contribution in [3.05, 3.63) is 34.4 Å². The first-order valence-corrected chi connectivity index (χ1v) is 8.86. The number of piperazine rings is 1. The maximum atomic E-state index is 12.9. The molecule has 0 aliphatic carbocycles. The summed E-state index contributed by atoms with van der Waals surface area (Å²) in [6, 6.07) is 4.03. The lowest BCUT2D eigenvalue weighted by Gasteiger charge is -2.39. The third-order valence-corrected chi connectivity index (χ3v) is 5.52. The van der Waals surface area contributed by atoms with Gasteiger partial charge in [0.05, 0.1) is 16.5 Å². The van der Waals surface area contributed by atoms with Gasteiger partial charge < -0.3 is 15.0 Å². The Labute approximate surface area is 144 Å². The molecule has 1 fully saturated rings. The molecule has 23 heavy (non-hydrogen) atoms. The van der Waals surface area contributed by atoms with Crippen LogP contribution < -0.4 is 0 Å². The van der Waals surface area contributed by atoms with Crippen molar-refractivity contribution in [1.29, 1.82) is 0 Å². The summed E-state index contributed by atoms with van der Waals surface area (Å²) in [5, 5.41) is 9.09. The highest BCUT2D eigenvalue weighted by Crippen LogP contribution is 2.33. The number of halogens is 1. The Bertz CT molecular complexity index is 684. The number of thiophene rings is 1. The molecule has 3 rings (SSSR count). The number of carbonyl (C=O) groups excluding carboxylic acids is 1. The second kappa shape index (κ2) is 7.05. The second-order valence-electron chi connectivity index (χ2n) is 5.75. The summed E-state index contributed by atoms with van der Waals surface area (Å²) < 4.78 is 0.714. The molecule has 5 nitrogen and oxygen atoms in total. The average molecular weight is 354 g/mol. The van der Waals surface area contributed by atoms with Crippen molar-refractivity contribution >= 4 is 28.8 Å². The highest BCUT2D eigenvalue weighted by Gasteiger charge is 2.28. The fourth-order valence-electron chi connectivity index (χ4n) is 3.01. The van der Waals surface area contributed by atoms with E-state index >= 15 is 0 Å². The van der Waals surface area contributed by atoms with E-state index in [1.165, 1.54) is 11.3 Å². The number of rotatable bonds is 4. The van der Waals surface area contributed by atoms with Crippen LogP contribution in [0.15, 0.2) is 24.5 Å². The lowest BCUT2D eigenvalue weighted by Crippen LogP contribution is -2.54. The van der Waals surface area contributed by atoms with E-state index in [-0.39, 0.29) is 18.6 Å². The van der Waals surface area contributed by atoms with Crippen LogP contribution in [0.25, 0.3) is 10.4 Å². The van der Waals surface area contributed by atoms with Crippen molar-refractivity contribution in [2.24, 2.45) is 0 Å². The maximum absolute atomic E-state index is 12.9. The van der Waals surface area contributed by atoms with Gasteiger partial charge in [0.2, 0.25) is 0 Å². The highest BCUT2D eigenvalue weighted by atomic mass is 35.5. The van der Waals surface area contributed by atoms with Crippen molar-refractivity contribution in [1.82, 2.24) is 14.8 Å². The maximum Gasteiger partial charge on any atom is 0.256 e. The molecule has 2 N–H and O–H groups in total. The van der Waals surface area contributed by atoms with Crippen LogP contribution in [0.2, 0.25) is 4.34 Å². The minimum atomic E-state index is 0.0428. The fourth-order valence-corrected chi connectivity index (χ4v) is 4.09. The Morgan fingerprint density at radius 1 is 1.43 bits per heavy atom. The van der Waals surface area contributed by atoms with E-state index in [9.17, 15) is 4.79 Å². The Balaban J connectivity index is 1.76. The van der Waals surface area contributed by atoms with Gasteiger partial charge in [-0.25, -0.2) is 0 Å². The zero-order valence-electron chi connectivity index (χ0n) is 13.0. The predicted molar refractivity (Wildman–Crippen MR) is 93.1 cm³/mol. The van der Waals surface area contributed by atoms with Gasteiger partial charge in [0.25, 0.3) is 5.91 Å². The molecule has 1 aliphatic rings. The van der Waals surface area contributed by atoms with E-state index in [1.54, 1.807) is 6.20 Å². The standard InChI is InChI=1S/C16H20ClN3O2S/c1-11-10-20(5-4-19(11)6-7-21)16(22)13-9-18-8-12(13)14-2-3-15(17)23-14/h2-3,8-9,11,18,21H,4-7,10H2,1H3. The Hall–Kier alpha value is -1.34. The zero-order valence-corrected chi connectivity index (χ0v) is 14.5. The SMILES string of the molecule is CC1CN(C(=O)c2c[nH]cc2-c2ccc(Cl)s2)CCN1CCO.